The fourth-order valence-electron chi connectivity index (χ4n) is 2.81. The van der Waals surface area contributed by atoms with E-state index in [1.165, 1.54) is 0 Å². The first-order valence-corrected chi connectivity index (χ1v) is 6.65. The van der Waals surface area contributed by atoms with Crippen molar-refractivity contribution in [3.05, 3.63) is 76.4 Å². The molecule has 0 saturated heterocycles. The molecule has 0 aliphatic heterocycles. The van der Waals surface area contributed by atoms with Crippen LogP contribution in [0.4, 0.5) is 0 Å². The molecule has 2 aromatic rings. The first kappa shape index (κ1) is 12.5. The largest absolute Gasteiger partial charge is 0.289 e. The van der Waals surface area contributed by atoms with Crippen molar-refractivity contribution in [3.8, 4) is 0 Å². The van der Waals surface area contributed by atoms with Crippen molar-refractivity contribution in [2.75, 3.05) is 0 Å². The third-order valence-electron chi connectivity index (χ3n) is 3.79. The van der Waals surface area contributed by atoms with Crippen LogP contribution in [-0.2, 0) is 6.42 Å². The molecule has 0 amide bonds. The molecule has 0 atom stereocenters. The summed E-state index contributed by atoms with van der Waals surface area (Å²) >= 11 is 0. The second-order valence-corrected chi connectivity index (χ2v) is 4.83. The van der Waals surface area contributed by atoms with Crippen molar-refractivity contribution in [2.24, 2.45) is 0 Å². The lowest BCUT2D eigenvalue weighted by molar-refractivity contribution is 0.0978. The molecule has 2 heteroatoms. The van der Waals surface area contributed by atoms with Crippen molar-refractivity contribution in [1.82, 2.24) is 0 Å². The maximum atomic E-state index is 12.8. The van der Waals surface area contributed by atoms with Gasteiger partial charge in [-0.3, -0.25) is 9.59 Å². The van der Waals surface area contributed by atoms with Crippen molar-refractivity contribution in [3.63, 3.8) is 0 Å². The van der Waals surface area contributed by atoms with Crippen LogP contribution in [0.5, 0.6) is 0 Å². The summed E-state index contributed by atoms with van der Waals surface area (Å²) in [4.78, 5) is 25.4. The molecular formula is C18H14O2. The Morgan fingerprint density at radius 1 is 0.950 bits per heavy atom. The molecule has 2 nitrogen and oxygen atoms in total. The Labute approximate surface area is 117 Å². The minimum Gasteiger partial charge on any atom is -0.289 e. The van der Waals surface area contributed by atoms with Gasteiger partial charge in [-0.05, 0) is 17.5 Å². The molecular weight excluding hydrogens is 248 g/mol. The van der Waals surface area contributed by atoms with Gasteiger partial charge in [0.15, 0.2) is 11.6 Å². The molecule has 3 rings (SSSR count). The Morgan fingerprint density at radius 3 is 2.25 bits per heavy atom. The van der Waals surface area contributed by atoms with Gasteiger partial charge in [0.1, 0.15) is 0 Å². The standard InChI is InChI=1S/C18H14O2/c1-3-11-7-5-9-13-15(11)18(20)16-12(4-2)8-6-10-14(16)17(13)19/h3,5-10H,1,4H2,2H3. The molecule has 0 spiro atoms. The number of rotatable bonds is 2. The third kappa shape index (κ3) is 1.58. The zero-order valence-electron chi connectivity index (χ0n) is 11.3. The molecule has 20 heavy (non-hydrogen) atoms. The smallest absolute Gasteiger partial charge is 0.195 e. The van der Waals surface area contributed by atoms with E-state index in [-0.39, 0.29) is 11.6 Å². The van der Waals surface area contributed by atoms with E-state index in [9.17, 15) is 9.59 Å². The molecule has 0 N–H and O–H groups in total. The van der Waals surface area contributed by atoms with Crippen molar-refractivity contribution >= 4 is 17.6 Å². The van der Waals surface area contributed by atoms with Gasteiger partial charge in [-0.1, -0.05) is 56.0 Å². The average molecular weight is 262 g/mol. The zero-order chi connectivity index (χ0) is 14.3. The highest BCUT2D eigenvalue weighted by Gasteiger charge is 2.32. The Balaban J connectivity index is 2.37. The molecule has 0 unspecified atom stereocenters. The van der Waals surface area contributed by atoms with Crippen LogP contribution < -0.4 is 0 Å². The summed E-state index contributed by atoms with van der Waals surface area (Å²) in [5, 5.41) is 0. The maximum absolute atomic E-state index is 12.8. The van der Waals surface area contributed by atoms with Crippen LogP contribution in [0.1, 0.15) is 49.9 Å². The minimum atomic E-state index is -0.0754. The lowest BCUT2D eigenvalue weighted by atomic mass is 9.79. The van der Waals surface area contributed by atoms with Gasteiger partial charge in [0.05, 0.1) is 0 Å². The average Bonchev–Trinajstić information content (AvgIpc) is 2.50. The molecule has 1 aliphatic rings. The molecule has 0 heterocycles. The molecule has 98 valence electrons. The third-order valence-corrected chi connectivity index (χ3v) is 3.79. The first-order chi connectivity index (χ1) is 9.69. The van der Waals surface area contributed by atoms with E-state index in [0.29, 0.717) is 22.3 Å². The van der Waals surface area contributed by atoms with Crippen molar-refractivity contribution < 1.29 is 9.59 Å². The van der Waals surface area contributed by atoms with Crippen LogP contribution in [0.25, 0.3) is 6.08 Å². The number of aryl methyl sites for hydroxylation is 1. The fourth-order valence-corrected chi connectivity index (χ4v) is 2.81. The second kappa shape index (κ2) is 4.57. The van der Waals surface area contributed by atoms with E-state index in [0.717, 1.165) is 17.5 Å². The number of carbonyl (C=O) groups excluding carboxylic acids is 2. The van der Waals surface area contributed by atoms with Crippen molar-refractivity contribution in [2.45, 2.75) is 13.3 Å². The fraction of sp³-hybridized carbons (Fsp3) is 0.111. The summed E-state index contributed by atoms with van der Waals surface area (Å²) in [5.74, 6) is -0.142. The molecule has 0 radical (unpaired) electrons. The quantitative estimate of drug-likeness (QED) is 0.706. The maximum Gasteiger partial charge on any atom is 0.195 e. The number of hydrogen-bond donors (Lipinski definition) is 0. The Hall–Kier alpha value is -2.48. The molecule has 0 aromatic heterocycles. The van der Waals surface area contributed by atoms with Gasteiger partial charge >= 0.3 is 0 Å². The summed E-state index contributed by atoms with van der Waals surface area (Å²) in [6.07, 6.45) is 2.36. The van der Waals surface area contributed by atoms with Gasteiger partial charge in [-0.15, -0.1) is 0 Å². The van der Waals surface area contributed by atoms with Gasteiger partial charge in [-0.25, -0.2) is 0 Å². The van der Waals surface area contributed by atoms with E-state index in [2.05, 4.69) is 6.58 Å². The minimum absolute atomic E-state index is 0.0671. The summed E-state index contributed by atoms with van der Waals surface area (Å²) in [7, 11) is 0. The molecule has 2 aromatic carbocycles. The van der Waals surface area contributed by atoms with E-state index < -0.39 is 0 Å². The molecule has 0 saturated carbocycles. The SMILES string of the molecule is C=Cc1cccc2c1C(=O)c1c(CC)cccc1C2=O. The predicted octanol–water partition coefficient (Wildman–Crippen LogP) is 3.67. The van der Waals surface area contributed by atoms with Gasteiger partial charge in [0, 0.05) is 22.3 Å². The van der Waals surface area contributed by atoms with E-state index in [1.807, 2.05) is 25.1 Å². The van der Waals surface area contributed by atoms with Crippen LogP contribution >= 0.6 is 0 Å². The molecule has 0 fully saturated rings. The summed E-state index contributed by atoms with van der Waals surface area (Å²) in [6.45, 7) is 5.72. The number of carbonyl (C=O) groups is 2. The van der Waals surface area contributed by atoms with Gasteiger partial charge in [-0.2, -0.15) is 0 Å². The predicted molar refractivity (Wildman–Crippen MR) is 79.2 cm³/mol. The first-order valence-electron chi connectivity index (χ1n) is 6.65. The number of benzene rings is 2. The highest BCUT2D eigenvalue weighted by atomic mass is 16.1. The van der Waals surface area contributed by atoms with Gasteiger partial charge in [0.2, 0.25) is 0 Å². The van der Waals surface area contributed by atoms with Crippen LogP contribution in [0.3, 0.4) is 0 Å². The number of ketones is 2. The lowest BCUT2D eigenvalue weighted by Gasteiger charge is -2.21. The summed E-state index contributed by atoms with van der Waals surface area (Å²) in [5.41, 5.74) is 3.68. The summed E-state index contributed by atoms with van der Waals surface area (Å²) < 4.78 is 0. The topological polar surface area (TPSA) is 34.1 Å². The van der Waals surface area contributed by atoms with Gasteiger partial charge in [0.25, 0.3) is 0 Å². The van der Waals surface area contributed by atoms with Crippen LogP contribution in [0.2, 0.25) is 0 Å². The van der Waals surface area contributed by atoms with E-state index in [4.69, 9.17) is 0 Å². The second-order valence-electron chi connectivity index (χ2n) is 4.83. The Morgan fingerprint density at radius 2 is 1.60 bits per heavy atom. The zero-order valence-corrected chi connectivity index (χ0v) is 11.3. The monoisotopic (exact) mass is 262 g/mol. The van der Waals surface area contributed by atoms with Gasteiger partial charge < -0.3 is 0 Å². The van der Waals surface area contributed by atoms with Crippen LogP contribution in [0.15, 0.2) is 43.0 Å². The van der Waals surface area contributed by atoms with Crippen LogP contribution in [-0.4, -0.2) is 11.6 Å². The highest BCUT2D eigenvalue weighted by Crippen LogP contribution is 2.32. The molecule has 0 bridgehead atoms. The highest BCUT2D eigenvalue weighted by molar-refractivity contribution is 6.29. The molecule has 1 aliphatic carbocycles. The van der Waals surface area contributed by atoms with E-state index >= 15 is 0 Å². The number of fused-ring (bicyclic) bond motifs is 2. The number of hydrogen-bond acceptors (Lipinski definition) is 2. The Kier molecular flexibility index (Phi) is 2.87. The van der Waals surface area contributed by atoms with E-state index in [1.54, 1.807) is 24.3 Å². The normalized spacial score (nSPS) is 12.8. The van der Waals surface area contributed by atoms with Crippen LogP contribution in [0, 0.1) is 0 Å². The Bertz CT molecular complexity index is 754. The summed E-state index contributed by atoms with van der Waals surface area (Å²) in [6, 6.07) is 10.8. The lowest BCUT2D eigenvalue weighted by Crippen LogP contribution is -2.23. The van der Waals surface area contributed by atoms with Crippen molar-refractivity contribution in [1.29, 1.82) is 0 Å².